The minimum absolute atomic E-state index is 0.224. The fourth-order valence-corrected chi connectivity index (χ4v) is 1.78. The maximum Gasteiger partial charge on any atom is 0.0187 e. The molecule has 0 spiro atoms. The van der Waals surface area contributed by atoms with Gasteiger partial charge in [0.2, 0.25) is 0 Å². The van der Waals surface area contributed by atoms with Gasteiger partial charge in [0.25, 0.3) is 0 Å². The van der Waals surface area contributed by atoms with E-state index in [0.29, 0.717) is 0 Å². The molecule has 0 aromatic carbocycles. The SMILES string of the molecule is C=CC(=C)/C=C\C[C@@](C)(CCC)NCC. The zero-order valence-corrected chi connectivity index (χ0v) is 10.5. The van der Waals surface area contributed by atoms with Crippen LogP contribution in [0.4, 0.5) is 0 Å². The molecule has 1 heteroatoms. The summed E-state index contributed by atoms with van der Waals surface area (Å²) in [5.74, 6) is 0. The van der Waals surface area contributed by atoms with Gasteiger partial charge >= 0.3 is 0 Å². The van der Waals surface area contributed by atoms with Crippen molar-refractivity contribution in [1.29, 1.82) is 0 Å². The summed E-state index contributed by atoms with van der Waals surface area (Å²) in [6.07, 6.45) is 9.45. The number of hydrogen-bond donors (Lipinski definition) is 1. The van der Waals surface area contributed by atoms with E-state index >= 15 is 0 Å². The zero-order chi connectivity index (χ0) is 11.7. The topological polar surface area (TPSA) is 12.0 Å². The minimum Gasteiger partial charge on any atom is -0.311 e. The molecular weight excluding hydrogens is 182 g/mol. The van der Waals surface area contributed by atoms with Crippen molar-refractivity contribution < 1.29 is 0 Å². The summed E-state index contributed by atoms with van der Waals surface area (Å²) in [5.41, 5.74) is 1.20. The van der Waals surface area contributed by atoms with Crippen LogP contribution in [0.5, 0.6) is 0 Å². The van der Waals surface area contributed by atoms with Crippen LogP contribution in [0.2, 0.25) is 0 Å². The van der Waals surface area contributed by atoms with Crippen molar-refractivity contribution in [3.63, 3.8) is 0 Å². The lowest BCUT2D eigenvalue weighted by molar-refractivity contribution is 0.338. The third-order valence-electron chi connectivity index (χ3n) is 2.57. The van der Waals surface area contributed by atoms with Crippen molar-refractivity contribution in [2.75, 3.05) is 6.54 Å². The van der Waals surface area contributed by atoms with Crippen molar-refractivity contribution in [2.24, 2.45) is 0 Å². The molecule has 0 heterocycles. The molecule has 0 saturated heterocycles. The fraction of sp³-hybridized carbons (Fsp3) is 0.571. The third-order valence-corrected chi connectivity index (χ3v) is 2.57. The second-order valence-corrected chi connectivity index (χ2v) is 4.23. The first kappa shape index (κ1) is 14.2. The van der Waals surface area contributed by atoms with Crippen molar-refractivity contribution >= 4 is 0 Å². The molecule has 0 saturated carbocycles. The predicted molar refractivity (Wildman–Crippen MR) is 70.1 cm³/mol. The molecule has 0 unspecified atom stereocenters. The van der Waals surface area contributed by atoms with Crippen LogP contribution in [0.15, 0.2) is 37.0 Å². The van der Waals surface area contributed by atoms with Gasteiger partial charge < -0.3 is 5.32 Å². The summed E-state index contributed by atoms with van der Waals surface area (Å²) in [6.45, 7) is 15.2. The quantitative estimate of drug-likeness (QED) is 0.596. The molecule has 0 aliphatic carbocycles. The van der Waals surface area contributed by atoms with Crippen molar-refractivity contribution in [3.05, 3.63) is 37.0 Å². The van der Waals surface area contributed by atoms with Gasteiger partial charge in [0.15, 0.2) is 0 Å². The number of hydrogen-bond acceptors (Lipinski definition) is 1. The highest BCUT2D eigenvalue weighted by molar-refractivity contribution is 5.25. The Labute approximate surface area is 95.0 Å². The Bertz CT molecular complexity index is 219. The van der Waals surface area contributed by atoms with Crippen molar-refractivity contribution in [1.82, 2.24) is 5.32 Å². The van der Waals surface area contributed by atoms with Crippen LogP contribution in [0, 0.1) is 0 Å². The molecule has 0 aliphatic heterocycles. The van der Waals surface area contributed by atoms with E-state index < -0.39 is 0 Å². The van der Waals surface area contributed by atoms with Gasteiger partial charge in [0, 0.05) is 5.54 Å². The smallest absolute Gasteiger partial charge is 0.0187 e. The Morgan fingerprint density at radius 3 is 2.53 bits per heavy atom. The Morgan fingerprint density at radius 1 is 1.40 bits per heavy atom. The van der Waals surface area contributed by atoms with Gasteiger partial charge in [-0.2, -0.15) is 0 Å². The molecule has 0 bridgehead atoms. The lowest BCUT2D eigenvalue weighted by atomic mass is 9.91. The molecule has 0 rings (SSSR count). The van der Waals surface area contributed by atoms with Crippen LogP contribution < -0.4 is 5.32 Å². The lowest BCUT2D eigenvalue weighted by Crippen LogP contribution is -2.41. The molecule has 1 N–H and O–H groups in total. The van der Waals surface area contributed by atoms with Crippen LogP contribution in [0.25, 0.3) is 0 Å². The van der Waals surface area contributed by atoms with Crippen LogP contribution in [-0.2, 0) is 0 Å². The largest absolute Gasteiger partial charge is 0.311 e. The van der Waals surface area contributed by atoms with Gasteiger partial charge in [-0.1, -0.05) is 51.7 Å². The number of nitrogens with one attached hydrogen (secondary N) is 1. The lowest BCUT2D eigenvalue weighted by Gasteiger charge is -2.29. The maximum absolute atomic E-state index is 3.86. The molecule has 0 radical (unpaired) electrons. The van der Waals surface area contributed by atoms with Gasteiger partial charge in [-0.3, -0.25) is 0 Å². The molecule has 0 aromatic rings. The van der Waals surface area contributed by atoms with Crippen molar-refractivity contribution in [3.8, 4) is 0 Å². The molecule has 15 heavy (non-hydrogen) atoms. The van der Waals surface area contributed by atoms with E-state index in [1.807, 2.05) is 6.08 Å². The van der Waals surface area contributed by atoms with Crippen LogP contribution in [-0.4, -0.2) is 12.1 Å². The minimum atomic E-state index is 0.224. The van der Waals surface area contributed by atoms with Gasteiger partial charge in [-0.25, -0.2) is 0 Å². The van der Waals surface area contributed by atoms with Crippen LogP contribution in [0.3, 0.4) is 0 Å². The van der Waals surface area contributed by atoms with Gasteiger partial charge in [0.05, 0.1) is 0 Å². The van der Waals surface area contributed by atoms with E-state index in [4.69, 9.17) is 0 Å². The summed E-state index contributed by atoms with van der Waals surface area (Å²) in [6, 6.07) is 0. The standard InChI is InChI=1S/C14H25N/c1-6-11-14(5,15-8-3)12-9-10-13(4)7-2/h7,9-10,15H,2,4,6,8,11-12H2,1,3,5H3/b10-9-/t14-/m1/s1. The second-order valence-electron chi connectivity index (χ2n) is 4.23. The maximum atomic E-state index is 3.86. The molecular formula is C14H25N. The third kappa shape index (κ3) is 6.29. The summed E-state index contributed by atoms with van der Waals surface area (Å²) < 4.78 is 0. The van der Waals surface area contributed by atoms with E-state index in [2.05, 4.69) is 45.3 Å². The number of rotatable bonds is 8. The highest BCUT2D eigenvalue weighted by Crippen LogP contribution is 2.17. The molecule has 0 amide bonds. The Morgan fingerprint density at radius 2 is 2.07 bits per heavy atom. The van der Waals surface area contributed by atoms with Gasteiger partial charge in [-0.05, 0) is 31.9 Å². The first-order valence-electron chi connectivity index (χ1n) is 5.81. The van der Waals surface area contributed by atoms with Crippen molar-refractivity contribution in [2.45, 2.75) is 45.6 Å². The predicted octanol–water partition coefficient (Wildman–Crippen LogP) is 3.84. The van der Waals surface area contributed by atoms with Gasteiger partial charge in [-0.15, -0.1) is 0 Å². The highest BCUT2D eigenvalue weighted by atomic mass is 14.9. The molecule has 1 atom stereocenters. The Hall–Kier alpha value is -0.820. The van der Waals surface area contributed by atoms with E-state index in [-0.39, 0.29) is 5.54 Å². The van der Waals surface area contributed by atoms with Gasteiger partial charge in [0.1, 0.15) is 0 Å². The Kier molecular flexibility index (Phi) is 7.06. The summed E-state index contributed by atoms with van der Waals surface area (Å²) in [7, 11) is 0. The summed E-state index contributed by atoms with van der Waals surface area (Å²) in [5, 5.41) is 3.54. The van der Waals surface area contributed by atoms with E-state index in [0.717, 1.165) is 18.5 Å². The van der Waals surface area contributed by atoms with E-state index in [1.54, 1.807) is 6.08 Å². The molecule has 0 aliphatic rings. The first-order chi connectivity index (χ1) is 7.08. The fourth-order valence-electron chi connectivity index (χ4n) is 1.78. The number of allylic oxidation sites excluding steroid dienone is 3. The average molecular weight is 207 g/mol. The normalized spacial score (nSPS) is 15.1. The highest BCUT2D eigenvalue weighted by Gasteiger charge is 2.19. The summed E-state index contributed by atoms with van der Waals surface area (Å²) >= 11 is 0. The molecule has 0 aromatic heterocycles. The van der Waals surface area contributed by atoms with E-state index in [9.17, 15) is 0 Å². The van der Waals surface area contributed by atoms with Crippen LogP contribution >= 0.6 is 0 Å². The Balaban J connectivity index is 4.22. The molecule has 1 nitrogen and oxygen atoms in total. The summed E-state index contributed by atoms with van der Waals surface area (Å²) in [4.78, 5) is 0. The molecule has 0 fully saturated rings. The first-order valence-corrected chi connectivity index (χ1v) is 5.81. The van der Waals surface area contributed by atoms with E-state index in [1.165, 1.54) is 12.8 Å². The zero-order valence-electron chi connectivity index (χ0n) is 10.5. The molecule has 86 valence electrons. The van der Waals surface area contributed by atoms with Crippen LogP contribution in [0.1, 0.15) is 40.0 Å². The average Bonchev–Trinajstić information content (AvgIpc) is 2.18. The second kappa shape index (κ2) is 7.47. The monoisotopic (exact) mass is 207 g/mol.